The van der Waals surface area contributed by atoms with Gasteiger partial charge < -0.3 is 16.5 Å². The topological polar surface area (TPSA) is 134 Å². The van der Waals surface area contributed by atoms with Gasteiger partial charge in [-0.25, -0.2) is 17.2 Å². The van der Waals surface area contributed by atoms with E-state index in [0.717, 1.165) is 24.3 Å². The molecule has 1 saturated carbocycles. The lowest BCUT2D eigenvalue weighted by molar-refractivity contribution is -0.0436. The van der Waals surface area contributed by atoms with Gasteiger partial charge in [0.15, 0.2) is 5.82 Å². The fourth-order valence-electron chi connectivity index (χ4n) is 4.26. The molecule has 3 rings (SSSR count). The largest absolute Gasteiger partial charge is 0.501 e. The minimum absolute atomic E-state index is 0.00500. The Labute approximate surface area is 203 Å². The molecule has 9 nitrogen and oxygen atoms in total. The molecule has 1 amide bonds. The number of alkyl halides is 5. The molecule has 2 aromatic rings. The first kappa shape index (κ1) is 27.5. The summed E-state index contributed by atoms with van der Waals surface area (Å²) in [6, 6.07) is 3.21. The van der Waals surface area contributed by atoms with E-state index in [4.69, 9.17) is 11.1 Å². The minimum atomic E-state index is -5.51. The van der Waals surface area contributed by atoms with Gasteiger partial charge in [0, 0.05) is 30.1 Å². The van der Waals surface area contributed by atoms with Gasteiger partial charge in [-0.05, 0) is 50.6 Å². The Kier molecular flexibility index (Phi) is 8.03. The lowest BCUT2D eigenvalue weighted by Crippen LogP contribution is -2.42. The first-order valence-electron chi connectivity index (χ1n) is 10.8. The molecule has 0 saturated heterocycles. The van der Waals surface area contributed by atoms with Crippen LogP contribution in [0.5, 0.6) is 0 Å². The third-order valence-electron chi connectivity index (χ3n) is 6.17. The van der Waals surface area contributed by atoms with Gasteiger partial charge in [-0.2, -0.15) is 18.3 Å². The molecule has 1 aromatic carbocycles. The molecule has 1 aliphatic carbocycles. The van der Waals surface area contributed by atoms with E-state index in [-0.39, 0.29) is 41.6 Å². The van der Waals surface area contributed by atoms with Crippen LogP contribution in [0.15, 0.2) is 35.4 Å². The number of carbonyl (C=O) groups is 1. The molecule has 4 N–H and O–H groups in total. The van der Waals surface area contributed by atoms with Crippen molar-refractivity contribution in [3.8, 4) is 0 Å². The Morgan fingerprint density at radius 2 is 1.94 bits per heavy atom. The maximum Gasteiger partial charge on any atom is 0.501 e. The normalized spacial score (nSPS) is 21.1. The van der Waals surface area contributed by atoms with E-state index in [1.165, 1.54) is 17.1 Å². The summed E-state index contributed by atoms with van der Waals surface area (Å²) in [5.41, 5.74) is 0.142. The number of halogens is 5. The van der Waals surface area contributed by atoms with E-state index < -0.39 is 32.6 Å². The number of anilines is 2. The zero-order valence-corrected chi connectivity index (χ0v) is 19.9. The first-order valence-corrected chi connectivity index (χ1v) is 12.3. The molecule has 36 heavy (non-hydrogen) atoms. The van der Waals surface area contributed by atoms with Crippen LogP contribution in [-0.2, 0) is 9.84 Å². The Hall–Kier alpha value is -3.07. The molecule has 0 aliphatic heterocycles. The van der Waals surface area contributed by atoms with Gasteiger partial charge in [-0.15, -0.1) is 0 Å². The zero-order chi connectivity index (χ0) is 26.8. The minimum Gasteiger partial charge on any atom is -0.365 e. The number of benzene rings is 1. The number of nitrogens with one attached hydrogen (secondary N) is 2. The van der Waals surface area contributed by atoms with E-state index in [0.29, 0.717) is 19.3 Å². The number of rotatable bonds is 9. The summed E-state index contributed by atoms with van der Waals surface area (Å²) < 4.78 is 88.3. The number of hydrogen-bond acceptors (Lipinski definition) is 7. The van der Waals surface area contributed by atoms with Crippen molar-refractivity contribution in [3.05, 3.63) is 36.0 Å². The van der Waals surface area contributed by atoms with E-state index in [9.17, 15) is 35.2 Å². The summed E-state index contributed by atoms with van der Waals surface area (Å²) in [5, 5.41) is 14.9. The second-order valence-electron chi connectivity index (χ2n) is 8.53. The highest BCUT2D eigenvalue weighted by Crippen LogP contribution is 2.36. The Morgan fingerprint density at radius 3 is 2.47 bits per heavy atom. The molecular weight excluding hydrogens is 511 g/mol. The Balaban J connectivity index is 1.82. The molecule has 15 heteroatoms. The third kappa shape index (κ3) is 5.83. The Morgan fingerprint density at radius 1 is 1.31 bits per heavy atom. The molecule has 0 radical (unpaired) electrons. The summed E-state index contributed by atoms with van der Waals surface area (Å²) in [4.78, 5) is 12.6. The molecule has 198 valence electrons. The second kappa shape index (κ2) is 10.5. The molecule has 1 heterocycles. The van der Waals surface area contributed by atoms with Crippen LogP contribution in [0.4, 0.5) is 33.5 Å². The van der Waals surface area contributed by atoms with Crippen molar-refractivity contribution in [2.45, 2.75) is 48.2 Å². The van der Waals surface area contributed by atoms with Gasteiger partial charge in [-0.3, -0.25) is 14.4 Å². The van der Waals surface area contributed by atoms with Gasteiger partial charge >= 0.3 is 5.51 Å². The van der Waals surface area contributed by atoms with Crippen molar-refractivity contribution in [1.29, 1.82) is 5.41 Å². The summed E-state index contributed by atoms with van der Waals surface area (Å²) in [6.45, 7) is -0.384. The molecule has 0 unspecified atom stereocenters. The van der Waals surface area contributed by atoms with Crippen LogP contribution >= 0.6 is 0 Å². The smallest absolute Gasteiger partial charge is 0.365 e. The highest BCUT2D eigenvalue weighted by molar-refractivity contribution is 7.92. The SMILES string of the molecule is CN(CC(F)F)[C@H]1CC[C@H](n2cc(C(N)=O)c(Nc3ccc(S(=O)(=O)C(F)(F)F)cc3)n2)[C@@H](C=N)C1. The van der Waals surface area contributed by atoms with Crippen molar-refractivity contribution in [2.75, 3.05) is 18.9 Å². The number of hydrogen-bond donors (Lipinski definition) is 3. The van der Waals surface area contributed by atoms with Crippen LogP contribution in [0.25, 0.3) is 0 Å². The van der Waals surface area contributed by atoms with Crippen LogP contribution < -0.4 is 11.1 Å². The summed E-state index contributed by atoms with van der Waals surface area (Å²) in [6.07, 6.45) is 1.60. The molecule has 1 aromatic heterocycles. The number of amides is 1. The van der Waals surface area contributed by atoms with Crippen LogP contribution in [-0.4, -0.2) is 66.8 Å². The standard InChI is InChI=1S/C21H25F5N6O3S/c1-31(11-18(22)23)14-4-7-17(12(8-14)9-27)32-10-16(19(28)33)20(30-32)29-13-2-5-15(6-3-13)36(34,35)21(24,25)26/h2-3,5-6,9-10,12,14,17-18,27H,4,7-8,11H2,1H3,(H2,28,33)(H,29,30)/t12-,14+,17+/m1/s1. The molecular formula is C21H25F5N6O3S. The van der Waals surface area contributed by atoms with Crippen molar-refractivity contribution < 1.29 is 35.2 Å². The van der Waals surface area contributed by atoms with E-state index in [1.807, 2.05) is 0 Å². The van der Waals surface area contributed by atoms with Gasteiger partial charge in [0.05, 0.1) is 17.5 Å². The molecule has 1 aliphatic rings. The Bertz CT molecular complexity index is 1200. The highest BCUT2D eigenvalue weighted by atomic mass is 32.2. The number of carbonyl (C=O) groups excluding carboxylic acids is 1. The van der Waals surface area contributed by atoms with Crippen LogP contribution in [0.3, 0.4) is 0 Å². The summed E-state index contributed by atoms with van der Waals surface area (Å²) in [5.74, 6) is -1.20. The number of nitrogens with zero attached hydrogens (tertiary/aromatic N) is 3. The van der Waals surface area contributed by atoms with Crippen molar-refractivity contribution in [2.24, 2.45) is 11.7 Å². The second-order valence-corrected chi connectivity index (χ2v) is 10.5. The number of sulfone groups is 1. The fraction of sp³-hybridized carbons (Fsp3) is 0.476. The molecule has 0 bridgehead atoms. The highest BCUT2D eigenvalue weighted by Gasteiger charge is 2.46. The molecule has 0 spiro atoms. The van der Waals surface area contributed by atoms with Crippen molar-refractivity contribution in [3.63, 3.8) is 0 Å². The fourth-order valence-corrected chi connectivity index (χ4v) is 5.02. The number of primary amides is 1. The van der Waals surface area contributed by atoms with Gasteiger partial charge in [-0.1, -0.05) is 0 Å². The zero-order valence-electron chi connectivity index (χ0n) is 19.0. The van der Waals surface area contributed by atoms with Crippen molar-refractivity contribution in [1.82, 2.24) is 14.7 Å². The summed E-state index contributed by atoms with van der Waals surface area (Å²) >= 11 is 0. The van der Waals surface area contributed by atoms with Gasteiger partial charge in [0.2, 0.25) is 0 Å². The quantitative estimate of drug-likeness (QED) is 0.331. The molecule has 1 fully saturated rings. The van der Waals surface area contributed by atoms with E-state index in [1.54, 1.807) is 11.9 Å². The van der Waals surface area contributed by atoms with Crippen LogP contribution in [0.1, 0.15) is 35.7 Å². The predicted octanol–water partition coefficient (Wildman–Crippen LogP) is 3.58. The summed E-state index contributed by atoms with van der Waals surface area (Å²) in [7, 11) is -3.91. The van der Waals surface area contributed by atoms with Gasteiger partial charge in [0.1, 0.15) is 5.56 Å². The maximum absolute atomic E-state index is 12.8. The van der Waals surface area contributed by atoms with Crippen LogP contribution in [0, 0.1) is 11.3 Å². The molecule has 3 atom stereocenters. The lowest BCUT2D eigenvalue weighted by atomic mass is 9.81. The predicted molar refractivity (Wildman–Crippen MR) is 121 cm³/mol. The van der Waals surface area contributed by atoms with E-state index in [2.05, 4.69) is 10.4 Å². The van der Waals surface area contributed by atoms with Gasteiger partial charge in [0.25, 0.3) is 22.2 Å². The monoisotopic (exact) mass is 536 g/mol. The van der Waals surface area contributed by atoms with E-state index >= 15 is 0 Å². The van der Waals surface area contributed by atoms with Crippen LogP contribution in [0.2, 0.25) is 0 Å². The third-order valence-corrected chi connectivity index (χ3v) is 7.67. The average molecular weight is 537 g/mol. The maximum atomic E-state index is 12.8. The number of aromatic nitrogens is 2. The van der Waals surface area contributed by atoms with Crippen molar-refractivity contribution >= 4 is 33.5 Å². The number of nitrogens with two attached hydrogens (primary N) is 1. The lowest BCUT2D eigenvalue weighted by Gasteiger charge is -2.38. The first-order chi connectivity index (χ1) is 16.7. The average Bonchev–Trinajstić information content (AvgIpc) is 3.21.